The van der Waals surface area contributed by atoms with Crippen LogP contribution >= 0.6 is 11.3 Å². The molecule has 2 aromatic heterocycles. The Labute approximate surface area is 144 Å². The highest BCUT2D eigenvalue weighted by molar-refractivity contribution is 7.18. The molecule has 1 aliphatic heterocycles. The van der Waals surface area contributed by atoms with Crippen molar-refractivity contribution in [2.24, 2.45) is 0 Å². The van der Waals surface area contributed by atoms with Crippen LogP contribution in [0.4, 0.5) is 0 Å². The Kier molecular flexibility index (Phi) is 4.37. The summed E-state index contributed by atoms with van der Waals surface area (Å²) >= 11 is 1.66. The number of hydrogen-bond donors (Lipinski definition) is 0. The number of hydrogen-bond acceptors (Lipinski definition) is 5. The zero-order valence-corrected chi connectivity index (χ0v) is 14.4. The highest BCUT2D eigenvalue weighted by Gasteiger charge is 2.21. The highest BCUT2D eigenvalue weighted by atomic mass is 32.1. The van der Waals surface area contributed by atoms with Crippen LogP contribution in [0.15, 0.2) is 11.1 Å². The third kappa shape index (κ3) is 2.86. The minimum absolute atomic E-state index is 0.00850. The van der Waals surface area contributed by atoms with Crippen LogP contribution < -0.4 is 5.56 Å². The number of carbonyl (C=O) groups is 1. The van der Waals surface area contributed by atoms with Crippen molar-refractivity contribution in [2.45, 2.75) is 38.6 Å². The van der Waals surface area contributed by atoms with E-state index in [0.29, 0.717) is 39.3 Å². The van der Waals surface area contributed by atoms with Crippen molar-refractivity contribution in [1.29, 1.82) is 0 Å². The van der Waals surface area contributed by atoms with Gasteiger partial charge in [0.05, 0.1) is 24.9 Å². The first kappa shape index (κ1) is 15.8. The van der Waals surface area contributed by atoms with E-state index < -0.39 is 0 Å². The van der Waals surface area contributed by atoms with Crippen LogP contribution in [0.3, 0.4) is 0 Å². The molecule has 2 aromatic rings. The van der Waals surface area contributed by atoms with Gasteiger partial charge in [-0.15, -0.1) is 11.3 Å². The fourth-order valence-corrected chi connectivity index (χ4v) is 4.75. The van der Waals surface area contributed by atoms with E-state index in [1.165, 1.54) is 16.9 Å². The SMILES string of the molecule is O=C(CCn1cnc2sc3c(c2c1=O)CCCC3)N1CCOCC1. The largest absolute Gasteiger partial charge is 0.378 e. The maximum absolute atomic E-state index is 12.8. The molecule has 0 N–H and O–H groups in total. The monoisotopic (exact) mass is 347 g/mol. The first-order chi connectivity index (χ1) is 11.7. The molecule has 1 fully saturated rings. The Balaban J connectivity index is 1.55. The van der Waals surface area contributed by atoms with E-state index >= 15 is 0 Å². The Morgan fingerprint density at radius 3 is 2.88 bits per heavy atom. The second-order valence-corrected chi connectivity index (χ2v) is 7.46. The summed E-state index contributed by atoms with van der Waals surface area (Å²) < 4.78 is 6.87. The van der Waals surface area contributed by atoms with Crippen molar-refractivity contribution in [3.8, 4) is 0 Å². The molecule has 24 heavy (non-hydrogen) atoms. The van der Waals surface area contributed by atoms with Crippen LogP contribution in [0, 0.1) is 0 Å². The molecule has 1 amide bonds. The average molecular weight is 347 g/mol. The topological polar surface area (TPSA) is 64.4 Å². The molecule has 4 rings (SSSR count). The molecule has 7 heteroatoms. The number of fused-ring (bicyclic) bond motifs is 3. The van der Waals surface area contributed by atoms with Crippen molar-refractivity contribution in [2.75, 3.05) is 26.3 Å². The van der Waals surface area contributed by atoms with Gasteiger partial charge in [0.15, 0.2) is 0 Å². The molecule has 3 heterocycles. The zero-order valence-electron chi connectivity index (χ0n) is 13.6. The highest BCUT2D eigenvalue weighted by Crippen LogP contribution is 2.33. The number of carbonyl (C=O) groups excluding carboxylic acids is 1. The second kappa shape index (κ2) is 6.64. The smallest absolute Gasteiger partial charge is 0.262 e. The van der Waals surface area contributed by atoms with Gasteiger partial charge in [-0.2, -0.15) is 0 Å². The summed E-state index contributed by atoms with van der Waals surface area (Å²) in [6.07, 6.45) is 6.30. The van der Waals surface area contributed by atoms with Crippen molar-refractivity contribution in [3.05, 3.63) is 27.1 Å². The third-order valence-corrected chi connectivity index (χ3v) is 6.07. The number of amides is 1. The molecule has 128 valence electrons. The summed E-state index contributed by atoms with van der Waals surface area (Å²) in [5, 5.41) is 0.788. The van der Waals surface area contributed by atoms with E-state index in [2.05, 4.69) is 4.98 Å². The van der Waals surface area contributed by atoms with Gasteiger partial charge in [0.2, 0.25) is 5.91 Å². The summed E-state index contributed by atoms with van der Waals surface area (Å²) in [7, 11) is 0. The van der Waals surface area contributed by atoms with Gasteiger partial charge in [-0.3, -0.25) is 14.2 Å². The molecule has 2 aliphatic rings. The first-order valence-electron chi connectivity index (χ1n) is 8.59. The Hall–Kier alpha value is -1.73. The maximum Gasteiger partial charge on any atom is 0.262 e. The van der Waals surface area contributed by atoms with Gasteiger partial charge in [-0.05, 0) is 31.2 Å². The van der Waals surface area contributed by atoms with Crippen LogP contribution in [0.1, 0.15) is 29.7 Å². The molecule has 0 radical (unpaired) electrons. The third-order valence-electron chi connectivity index (χ3n) is 4.87. The van der Waals surface area contributed by atoms with E-state index in [-0.39, 0.29) is 11.5 Å². The standard InChI is InChI=1S/C17H21N3O3S/c21-14(19-7-9-23-10-8-19)5-6-20-11-18-16-15(17(20)22)12-3-1-2-4-13(12)24-16/h11H,1-10H2. The lowest BCUT2D eigenvalue weighted by Crippen LogP contribution is -2.41. The lowest BCUT2D eigenvalue weighted by Gasteiger charge is -2.26. The Morgan fingerprint density at radius 2 is 2.04 bits per heavy atom. The number of nitrogens with zero attached hydrogens (tertiary/aromatic N) is 3. The summed E-state index contributed by atoms with van der Waals surface area (Å²) in [4.78, 5) is 33.6. The molecule has 0 aromatic carbocycles. The number of morpholine rings is 1. The zero-order chi connectivity index (χ0) is 16.5. The second-order valence-electron chi connectivity index (χ2n) is 6.38. The van der Waals surface area contributed by atoms with Gasteiger partial charge >= 0.3 is 0 Å². The van der Waals surface area contributed by atoms with Crippen molar-refractivity contribution in [1.82, 2.24) is 14.5 Å². The van der Waals surface area contributed by atoms with E-state index in [9.17, 15) is 9.59 Å². The number of aryl methyl sites for hydroxylation is 3. The van der Waals surface area contributed by atoms with Gasteiger partial charge in [0, 0.05) is 30.9 Å². The predicted molar refractivity (Wildman–Crippen MR) is 92.5 cm³/mol. The number of rotatable bonds is 3. The van der Waals surface area contributed by atoms with Crippen LogP contribution in [0.2, 0.25) is 0 Å². The molecule has 0 saturated carbocycles. The molecular weight excluding hydrogens is 326 g/mol. The summed E-state index contributed by atoms with van der Waals surface area (Å²) in [6, 6.07) is 0. The molecule has 0 bridgehead atoms. The van der Waals surface area contributed by atoms with Gasteiger partial charge in [-0.25, -0.2) is 4.98 Å². The van der Waals surface area contributed by atoms with E-state index in [4.69, 9.17) is 4.74 Å². The summed E-state index contributed by atoms with van der Waals surface area (Å²) in [5.74, 6) is 0.0812. The van der Waals surface area contributed by atoms with Crippen LogP contribution in [-0.4, -0.2) is 46.7 Å². The number of ether oxygens (including phenoxy) is 1. The van der Waals surface area contributed by atoms with Gasteiger partial charge in [-0.1, -0.05) is 0 Å². The van der Waals surface area contributed by atoms with E-state index in [1.807, 2.05) is 4.90 Å². The first-order valence-corrected chi connectivity index (χ1v) is 9.41. The van der Waals surface area contributed by atoms with E-state index in [1.54, 1.807) is 22.2 Å². The Bertz CT molecular complexity index is 820. The molecule has 0 unspecified atom stereocenters. The van der Waals surface area contributed by atoms with Crippen molar-refractivity contribution < 1.29 is 9.53 Å². The van der Waals surface area contributed by atoms with Gasteiger partial charge < -0.3 is 9.64 Å². The fourth-order valence-electron chi connectivity index (χ4n) is 3.53. The molecule has 1 saturated heterocycles. The predicted octanol–water partition coefficient (Wildman–Crippen LogP) is 1.59. The molecule has 0 spiro atoms. The number of aromatic nitrogens is 2. The molecular formula is C17H21N3O3S. The van der Waals surface area contributed by atoms with Crippen molar-refractivity contribution in [3.63, 3.8) is 0 Å². The van der Waals surface area contributed by atoms with Crippen LogP contribution in [-0.2, 0) is 28.9 Å². The quantitative estimate of drug-likeness (QED) is 0.846. The normalized spacial score (nSPS) is 17.9. The Morgan fingerprint density at radius 1 is 1.25 bits per heavy atom. The summed E-state index contributed by atoms with van der Waals surface area (Å²) in [5.41, 5.74) is 1.21. The average Bonchev–Trinajstić information content (AvgIpc) is 3.01. The summed E-state index contributed by atoms with van der Waals surface area (Å²) in [6.45, 7) is 2.87. The minimum Gasteiger partial charge on any atom is -0.378 e. The molecule has 1 aliphatic carbocycles. The fraction of sp³-hybridized carbons (Fsp3) is 0.588. The van der Waals surface area contributed by atoms with Crippen LogP contribution in [0.25, 0.3) is 10.2 Å². The lowest BCUT2D eigenvalue weighted by atomic mass is 9.97. The molecule has 6 nitrogen and oxygen atoms in total. The van der Waals surface area contributed by atoms with Crippen molar-refractivity contribution >= 4 is 27.5 Å². The van der Waals surface area contributed by atoms with E-state index in [0.717, 1.165) is 29.5 Å². The van der Waals surface area contributed by atoms with Gasteiger partial charge in [0.25, 0.3) is 5.56 Å². The van der Waals surface area contributed by atoms with Crippen LogP contribution in [0.5, 0.6) is 0 Å². The molecule has 0 atom stereocenters. The lowest BCUT2D eigenvalue weighted by molar-refractivity contribution is -0.135. The van der Waals surface area contributed by atoms with Gasteiger partial charge in [0.1, 0.15) is 4.83 Å². The minimum atomic E-state index is 0.00850. The maximum atomic E-state index is 12.8. The number of thiophene rings is 1.